The summed E-state index contributed by atoms with van der Waals surface area (Å²) in [5.41, 5.74) is 2.87. The van der Waals surface area contributed by atoms with E-state index in [2.05, 4.69) is 5.32 Å². The van der Waals surface area contributed by atoms with E-state index in [-0.39, 0.29) is 12.5 Å². The fourth-order valence-corrected chi connectivity index (χ4v) is 4.69. The van der Waals surface area contributed by atoms with E-state index in [9.17, 15) is 18.0 Å². The Labute approximate surface area is 201 Å². The summed E-state index contributed by atoms with van der Waals surface area (Å²) >= 11 is 6.11. The molecular formula is C24H32ClN3O4S. The second-order valence-corrected chi connectivity index (χ2v) is 10.3. The Morgan fingerprint density at radius 3 is 2.30 bits per heavy atom. The van der Waals surface area contributed by atoms with Crippen LogP contribution in [0, 0.1) is 13.8 Å². The van der Waals surface area contributed by atoms with E-state index in [1.54, 1.807) is 19.1 Å². The Bertz CT molecular complexity index is 1100. The lowest BCUT2D eigenvalue weighted by Crippen LogP contribution is -2.52. The van der Waals surface area contributed by atoms with Crippen molar-refractivity contribution in [1.29, 1.82) is 0 Å². The third-order valence-corrected chi connectivity index (χ3v) is 6.82. The maximum absolute atomic E-state index is 13.6. The van der Waals surface area contributed by atoms with Crippen LogP contribution in [0.3, 0.4) is 0 Å². The molecule has 2 aromatic rings. The molecule has 0 radical (unpaired) electrons. The zero-order valence-corrected chi connectivity index (χ0v) is 21.3. The molecule has 0 aliphatic heterocycles. The summed E-state index contributed by atoms with van der Waals surface area (Å²) in [4.78, 5) is 27.9. The van der Waals surface area contributed by atoms with Crippen molar-refractivity contribution < 1.29 is 18.0 Å². The minimum absolute atomic E-state index is 0.188. The molecule has 2 rings (SSSR count). The van der Waals surface area contributed by atoms with Gasteiger partial charge >= 0.3 is 0 Å². The van der Waals surface area contributed by atoms with E-state index >= 15 is 0 Å². The van der Waals surface area contributed by atoms with E-state index in [0.717, 1.165) is 21.7 Å². The maximum atomic E-state index is 13.6. The normalized spacial score (nSPS) is 12.2. The molecule has 7 nitrogen and oxygen atoms in total. The number of rotatable bonds is 10. The standard InChI is InChI=1S/C24H32ClN3O4S/c1-6-21(24(30)26-7-2)27(15-19-11-9-8-10-17(19)3)23(29)16-28(33(5,31)32)22-14-20(25)13-12-18(22)4/h8-14,21H,6-7,15-16H2,1-5H3,(H,26,30). The average molecular weight is 494 g/mol. The maximum Gasteiger partial charge on any atom is 0.244 e. The van der Waals surface area contributed by atoms with Gasteiger partial charge < -0.3 is 10.2 Å². The van der Waals surface area contributed by atoms with E-state index in [4.69, 9.17) is 11.6 Å². The molecular weight excluding hydrogens is 462 g/mol. The van der Waals surface area contributed by atoms with Crippen molar-refractivity contribution in [2.45, 2.75) is 46.7 Å². The Morgan fingerprint density at radius 1 is 1.06 bits per heavy atom. The number of hydrogen-bond acceptors (Lipinski definition) is 4. The molecule has 2 amide bonds. The number of amides is 2. The van der Waals surface area contributed by atoms with Crippen molar-refractivity contribution in [3.05, 3.63) is 64.2 Å². The number of nitrogens with one attached hydrogen (secondary N) is 1. The zero-order valence-electron chi connectivity index (χ0n) is 19.8. The monoisotopic (exact) mass is 493 g/mol. The smallest absolute Gasteiger partial charge is 0.244 e. The highest BCUT2D eigenvalue weighted by Crippen LogP contribution is 2.27. The average Bonchev–Trinajstić information content (AvgIpc) is 2.74. The minimum Gasteiger partial charge on any atom is -0.355 e. The molecule has 0 spiro atoms. The van der Waals surface area contributed by atoms with Gasteiger partial charge in [0, 0.05) is 18.1 Å². The molecule has 1 N–H and O–H groups in total. The second kappa shape index (κ2) is 11.5. The van der Waals surface area contributed by atoms with Gasteiger partial charge in [0.05, 0.1) is 11.9 Å². The van der Waals surface area contributed by atoms with Gasteiger partial charge in [0.2, 0.25) is 21.8 Å². The molecule has 33 heavy (non-hydrogen) atoms. The Morgan fingerprint density at radius 2 is 1.73 bits per heavy atom. The van der Waals surface area contributed by atoms with E-state index in [1.165, 1.54) is 11.0 Å². The van der Waals surface area contributed by atoms with Crippen LogP contribution >= 0.6 is 11.6 Å². The predicted molar refractivity (Wildman–Crippen MR) is 133 cm³/mol. The van der Waals surface area contributed by atoms with Crippen LogP contribution in [0.5, 0.6) is 0 Å². The topological polar surface area (TPSA) is 86.8 Å². The van der Waals surface area contributed by atoms with E-state index in [0.29, 0.717) is 29.2 Å². The van der Waals surface area contributed by atoms with Crippen molar-refractivity contribution >= 4 is 39.1 Å². The summed E-state index contributed by atoms with van der Waals surface area (Å²) in [6.45, 7) is 7.50. The quantitative estimate of drug-likeness (QED) is 0.547. The first-order chi connectivity index (χ1) is 15.5. The lowest BCUT2D eigenvalue weighted by molar-refractivity contribution is -0.140. The van der Waals surface area contributed by atoms with Crippen LogP contribution in [0.2, 0.25) is 5.02 Å². The fraction of sp³-hybridized carbons (Fsp3) is 0.417. The number of sulfonamides is 1. The Hall–Kier alpha value is -2.58. The number of likely N-dealkylation sites (N-methyl/N-ethyl adjacent to an activating group) is 1. The van der Waals surface area contributed by atoms with Crippen molar-refractivity contribution in [2.75, 3.05) is 23.7 Å². The van der Waals surface area contributed by atoms with Crippen LogP contribution in [0.25, 0.3) is 0 Å². The van der Waals surface area contributed by atoms with Gasteiger partial charge in [0.25, 0.3) is 0 Å². The number of anilines is 1. The van der Waals surface area contributed by atoms with Crippen molar-refractivity contribution in [2.24, 2.45) is 0 Å². The van der Waals surface area contributed by atoms with E-state index in [1.807, 2.05) is 45.0 Å². The fourth-order valence-electron chi connectivity index (χ4n) is 3.63. The first kappa shape index (κ1) is 26.7. The summed E-state index contributed by atoms with van der Waals surface area (Å²) in [7, 11) is -3.80. The lowest BCUT2D eigenvalue weighted by Gasteiger charge is -2.33. The summed E-state index contributed by atoms with van der Waals surface area (Å²) < 4.78 is 26.4. The van der Waals surface area contributed by atoms with Crippen molar-refractivity contribution in [1.82, 2.24) is 10.2 Å². The SMILES string of the molecule is CCNC(=O)C(CC)N(Cc1ccccc1C)C(=O)CN(c1cc(Cl)ccc1C)S(C)(=O)=O. The van der Waals surface area contributed by atoms with Gasteiger partial charge in [-0.1, -0.05) is 48.9 Å². The van der Waals surface area contributed by atoms with Gasteiger partial charge in [0.1, 0.15) is 12.6 Å². The Balaban J connectivity index is 2.49. The number of carbonyl (C=O) groups is 2. The van der Waals surface area contributed by atoms with Crippen LogP contribution in [0.1, 0.15) is 37.0 Å². The van der Waals surface area contributed by atoms with Crippen LogP contribution in [-0.2, 0) is 26.2 Å². The van der Waals surface area contributed by atoms with Gasteiger partial charge in [-0.15, -0.1) is 0 Å². The number of nitrogens with zero attached hydrogens (tertiary/aromatic N) is 2. The van der Waals surface area contributed by atoms with Gasteiger partial charge in [0.15, 0.2) is 0 Å². The highest BCUT2D eigenvalue weighted by atomic mass is 35.5. The molecule has 180 valence electrons. The van der Waals surface area contributed by atoms with Crippen molar-refractivity contribution in [3.63, 3.8) is 0 Å². The molecule has 9 heteroatoms. The second-order valence-electron chi connectivity index (χ2n) is 7.97. The number of benzene rings is 2. The third-order valence-electron chi connectivity index (χ3n) is 5.46. The number of halogens is 1. The summed E-state index contributed by atoms with van der Waals surface area (Å²) in [5, 5.41) is 3.15. The van der Waals surface area contributed by atoms with Gasteiger partial charge in [-0.2, -0.15) is 0 Å². The number of aryl methyl sites for hydroxylation is 2. The third kappa shape index (κ3) is 6.95. The molecule has 0 saturated carbocycles. The first-order valence-electron chi connectivity index (χ1n) is 10.8. The largest absolute Gasteiger partial charge is 0.355 e. The molecule has 1 unspecified atom stereocenters. The molecule has 0 aromatic heterocycles. The molecule has 2 aromatic carbocycles. The molecule has 0 aliphatic rings. The first-order valence-corrected chi connectivity index (χ1v) is 13.1. The summed E-state index contributed by atoms with van der Waals surface area (Å²) in [5.74, 6) is -0.743. The van der Waals surface area contributed by atoms with Crippen molar-refractivity contribution in [3.8, 4) is 0 Å². The minimum atomic E-state index is -3.80. The molecule has 0 fully saturated rings. The summed E-state index contributed by atoms with van der Waals surface area (Å²) in [6, 6.07) is 11.8. The van der Waals surface area contributed by atoms with Crippen LogP contribution in [0.4, 0.5) is 5.69 Å². The molecule has 0 aliphatic carbocycles. The highest BCUT2D eigenvalue weighted by Gasteiger charge is 2.32. The summed E-state index contributed by atoms with van der Waals surface area (Å²) in [6.07, 6.45) is 1.44. The van der Waals surface area contributed by atoms with E-state index < -0.39 is 28.5 Å². The van der Waals surface area contributed by atoms with Crippen LogP contribution < -0.4 is 9.62 Å². The Kier molecular flexibility index (Phi) is 9.31. The zero-order chi connectivity index (χ0) is 24.8. The molecule has 0 saturated heterocycles. The molecule has 1 atom stereocenters. The predicted octanol–water partition coefficient (Wildman–Crippen LogP) is 3.67. The van der Waals surface area contributed by atoms with Gasteiger partial charge in [-0.25, -0.2) is 8.42 Å². The van der Waals surface area contributed by atoms with Gasteiger partial charge in [-0.3, -0.25) is 13.9 Å². The van der Waals surface area contributed by atoms with Crippen LogP contribution in [-0.4, -0.2) is 50.5 Å². The number of carbonyl (C=O) groups excluding carboxylic acids is 2. The van der Waals surface area contributed by atoms with Crippen LogP contribution in [0.15, 0.2) is 42.5 Å². The van der Waals surface area contributed by atoms with Gasteiger partial charge in [-0.05, 0) is 56.0 Å². The molecule has 0 bridgehead atoms. The highest BCUT2D eigenvalue weighted by molar-refractivity contribution is 7.92. The molecule has 0 heterocycles. The lowest BCUT2D eigenvalue weighted by atomic mass is 10.1. The number of hydrogen-bond donors (Lipinski definition) is 1.